The summed E-state index contributed by atoms with van der Waals surface area (Å²) in [5.41, 5.74) is 5.91. The van der Waals surface area contributed by atoms with Gasteiger partial charge < -0.3 is 16.0 Å². The summed E-state index contributed by atoms with van der Waals surface area (Å²) in [6.45, 7) is 5.08. The first-order chi connectivity index (χ1) is 9.22. The Hall–Kier alpha value is -1.62. The SMILES string of the molecule is CCCNC1CCN(c2ncccc2C(N)=O)CC1. The average molecular weight is 262 g/mol. The molecule has 1 aromatic heterocycles. The summed E-state index contributed by atoms with van der Waals surface area (Å²) < 4.78 is 0. The second-order valence-electron chi connectivity index (χ2n) is 4.95. The van der Waals surface area contributed by atoms with Gasteiger partial charge in [-0.1, -0.05) is 6.92 Å². The van der Waals surface area contributed by atoms with Crippen molar-refractivity contribution in [1.29, 1.82) is 0 Å². The molecule has 5 nitrogen and oxygen atoms in total. The first-order valence-corrected chi connectivity index (χ1v) is 6.95. The van der Waals surface area contributed by atoms with Gasteiger partial charge in [-0.05, 0) is 37.9 Å². The van der Waals surface area contributed by atoms with Gasteiger partial charge in [-0.15, -0.1) is 0 Å². The summed E-state index contributed by atoms with van der Waals surface area (Å²) in [4.78, 5) is 17.9. The number of carbonyl (C=O) groups is 1. The summed E-state index contributed by atoms with van der Waals surface area (Å²) in [6.07, 6.45) is 5.03. The lowest BCUT2D eigenvalue weighted by Gasteiger charge is -2.33. The summed E-state index contributed by atoms with van der Waals surface area (Å²) in [5.74, 6) is 0.318. The van der Waals surface area contributed by atoms with E-state index in [0.29, 0.717) is 11.6 Å². The lowest BCUT2D eigenvalue weighted by atomic mass is 10.0. The van der Waals surface area contributed by atoms with Gasteiger partial charge in [0.25, 0.3) is 5.91 Å². The van der Waals surface area contributed by atoms with E-state index >= 15 is 0 Å². The quantitative estimate of drug-likeness (QED) is 0.835. The predicted molar refractivity (Wildman–Crippen MR) is 76.3 cm³/mol. The number of amides is 1. The minimum atomic E-state index is -0.408. The largest absolute Gasteiger partial charge is 0.365 e. The van der Waals surface area contributed by atoms with Crippen molar-refractivity contribution in [3.63, 3.8) is 0 Å². The second-order valence-corrected chi connectivity index (χ2v) is 4.95. The molecule has 0 aromatic carbocycles. The molecule has 1 aliphatic rings. The Morgan fingerprint density at radius 2 is 2.26 bits per heavy atom. The number of nitrogens with two attached hydrogens (primary N) is 1. The normalized spacial score (nSPS) is 16.6. The number of hydrogen-bond acceptors (Lipinski definition) is 4. The Kier molecular flexibility index (Phi) is 4.74. The molecule has 0 aliphatic carbocycles. The second kappa shape index (κ2) is 6.52. The first kappa shape index (κ1) is 13.8. The smallest absolute Gasteiger partial charge is 0.252 e. The number of hydrogen-bond donors (Lipinski definition) is 2. The highest BCUT2D eigenvalue weighted by molar-refractivity contribution is 5.97. The van der Waals surface area contributed by atoms with Gasteiger partial charge in [0.2, 0.25) is 0 Å². The van der Waals surface area contributed by atoms with Crippen LogP contribution in [-0.2, 0) is 0 Å². The molecule has 2 rings (SSSR count). The molecule has 0 bridgehead atoms. The van der Waals surface area contributed by atoms with Crippen LogP contribution >= 0.6 is 0 Å². The molecule has 3 N–H and O–H groups in total. The van der Waals surface area contributed by atoms with E-state index < -0.39 is 5.91 Å². The Labute approximate surface area is 114 Å². The van der Waals surface area contributed by atoms with E-state index in [0.717, 1.165) is 44.7 Å². The highest BCUT2D eigenvalue weighted by Gasteiger charge is 2.22. The zero-order valence-electron chi connectivity index (χ0n) is 11.4. The third-order valence-electron chi connectivity index (χ3n) is 3.53. The predicted octanol–water partition coefficient (Wildman–Crippen LogP) is 1.15. The molecule has 1 aromatic rings. The molecular formula is C14H22N4O. The number of nitrogens with zero attached hydrogens (tertiary/aromatic N) is 2. The number of piperidine rings is 1. The first-order valence-electron chi connectivity index (χ1n) is 6.95. The Bertz CT molecular complexity index is 427. The van der Waals surface area contributed by atoms with Crippen molar-refractivity contribution in [2.45, 2.75) is 32.2 Å². The molecule has 0 unspecified atom stereocenters. The number of nitrogens with one attached hydrogen (secondary N) is 1. The van der Waals surface area contributed by atoms with E-state index in [9.17, 15) is 4.79 Å². The molecule has 2 heterocycles. The van der Waals surface area contributed by atoms with E-state index in [2.05, 4.69) is 22.1 Å². The van der Waals surface area contributed by atoms with Crippen molar-refractivity contribution in [1.82, 2.24) is 10.3 Å². The van der Waals surface area contributed by atoms with Crippen molar-refractivity contribution in [2.75, 3.05) is 24.5 Å². The third kappa shape index (κ3) is 3.44. The van der Waals surface area contributed by atoms with Crippen molar-refractivity contribution in [2.24, 2.45) is 5.73 Å². The maximum Gasteiger partial charge on any atom is 0.252 e. The number of primary amides is 1. The lowest BCUT2D eigenvalue weighted by Crippen LogP contribution is -2.43. The van der Waals surface area contributed by atoms with Gasteiger partial charge in [0.1, 0.15) is 5.82 Å². The van der Waals surface area contributed by atoms with Crippen LogP contribution in [0.3, 0.4) is 0 Å². The minimum Gasteiger partial charge on any atom is -0.365 e. The summed E-state index contributed by atoms with van der Waals surface area (Å²) in [7, 11) is 0. The van der Waals surface area contributed by atoms with E-state index in [1.54, 1.807) is 18.3 Å². The molecule has 1 aliphatic heterocycles. The Balaban J connectivity index is 2.00. The number of pyridine rings is 1. The van der Waals surface area contributed by atoms with Crippen LogP contribution in [0.15, 0.2) is 18.3 Å². The van der Waals surface area contributed by atoms with Crippen LogP contribution < -0.4 is 16.0 Å². The molecule has 5 heteroatoms. The van der Waals surface area contributed by atoms with Crippen LogP contribution in [0.1, 0.15) is 36.5 Å². The van der Waals surface area contributed by atoms with Gasteiger partial charge in [-0.2, -0.15) is 0 Å². The van der Waals surface area contributed by atoms with Crippen LogP contribution in [0.5, 0.6) is 0 Å². The molecule has 19 heavy (non-hydrogen) atoms. The number of aromatic nitrogens is 1. The van der Waals surface area contributed by atoms with Crippen molar-refractivity contribution in [3.8, 4) is 0 Å². The van der Waals surface area contributed by atoms with E-state index in [-0.39, 0.29) is 0 Å². The van der Waals surface area contributed by atoms with E-state index in [1.807, 2.05) is 0 Å². The molecule has 104 valence electrons. The Morgan fingerprint density at radius 3 is 2.89 bits per heavy atom. The van der Waals surface area contributed by atoms with Crippen molar-refractivity contribution < 1.29 is 4.79 Å². The zero-order chi connectivity index (χ0) is 13.7. The molecule has 0 saturated carbocycles. The van der Waals surface area contributed by atoms with Crippen LogP contribution in [0.4, 0.5) is 5.82 Å². The summed E-state index contributed by atoms with van der Waals surface area (Å²) in [5, 5.41) is 3.54. The summed E-state index contributed by atoms with van der Waals surface area (Å²) in [6, 6.07) is 4.07. The van der Waals surface area contributed by atoms with Crippen molar-refractivity contribution in [3.05, 3.63) is 23.9 Å². The fraction of sp³-hybridized carbons (Fsp3) is 0.571. The molecule has 1 fully saturated rings. The molecule has 1 saturated heterocycles. The molecule has 0 spiro atoms. The van der Waals surface area contributed by atoms with Crippen LogP contribution in [-0.4, -0.2) is 36.6 Å². The third-order valence-corrected chi connectivity index (χ3v) is 3.53. The number of carbonyl (C=O) groups excluding carboxylic acids is 1. The fourth-order valence-corrected chi connectivity index (χ4v) is 2.49. The van der Waals surface area contributed by atoms with Crippen LogP contribution in [0, 0.1) is 0 Å². The topological polar surface area (TPSA) is 71.2 Å². The fourth-order valence-electron chi connectivity index (χ4n) is 2.49. The highest BCUT2D eigenvalue weighted by atomic mass is 16.1. The number of anilines is 1. The molecular weight excluding hydrogens is 240 g/mol. The maximum atomic E-state index is 11.4. The van der Waals surface area contributed by atoms with Gasteiger partial charge in [0.05, 0.1) is 5.56 Å². The monoisotopic (exact) mass is 262 g/mol. The van der Waals surface area contributed by atoms with Gasteiger partial charge >= 0.3 is 0 Å². The van der Waals surface area contributed by atoms with Gasteiger partial charge in [-0.3, -0.25) is 4.79 Å². The van der Waals surface area contributed by atoms with Gasteiger partial charge in [0, 0.05) is 25.3 Å². The lowest BCUT2D eigenvalue weighted by molar-refractivity contribution is 0.100. The molecule has 1 amide bonds. The van der Waals surface area contributed by atoms with Gasteiger partial charge in [-0.25, -0.2) is 4.98 Å². The Morgan fingerprint density at radius 1 is 1.53 bits per heavy atom. The highest BCUT2D eigenvalue weighted by Crippen LogP contribution is 2.21. The maximum absolute atomic E-state index is 11.4. The molecule has 0 radical (unpaired) electrons. The minimum absolute atomic E-state index is 0.408. The summed E-state index contributed by atoms with van der Waals surface area (Å²) >= 11 is 0. The average Bonchev–Trinajstić information content (AvgIpc) is 2.45. The standard InChI is InChI=1S/C14H22N4O/c1-2-7-16-11-5-9-18(10-6-11)14-12(13(15)19)4-3-8-17-14/h3-4,8,11,16H,2,5-7,9-10H2,1H3,(H2,15,19). The zero-order valence-corrected chi connectivity index (χ0v) is 11.4. The van der Waals surface area contributed by atoms with E-state index in [1.165, 1.54) is 0 Å². The molecule has 0 atom stereocenters. The van der Waals surface area contributed by atoms with Crippen molar-refractivity contribution >= 4 is 11.7 Å². The van der Waals surface area contributed by atoms with Crippen LogP contribution in [0.2, 0.25) is 0 Å². The van der Waals surface area contributed by atoms with Crippen LogP contribution in [0.25, 0.3) is 0 Å². The number of rotatable bonds is 5. The van der Waals surface area contributed by atoms with Gasteiger partial charge in [0.15, 0.2) is 0 Å². The van der Waals surface area contributed by atoms with E-state index in [4.69, 9.17) is 5.73 Å².